The number of piperazine rings is 1. The number of benzene rings is 1. The predicted octanol–water partition coefficient (Wildman–Crippen LogP) is 1.39. The molecule has 0 atom stereocenters. The smallest absolute Gasteiger partial charge is 0.254 e. The zero-order chi connectivity index (χ0) is 16.9. The number of carbonyl (C=O) groups is 1. The molecule has 1 aromatic carbocycles. The third-order valence-corrected chi connectivity index (χ3v) is 4.98. The number of methoxy groups -OCH3 is 1. The van der Waals surface area contributed by atoms with Crippen LogP contribution < -0.4 is 9.64 Å². The van der Waals surface area contributed by atoms with Gasteiger partial charge in [-0.05, 0) is 46.3 Å². The van der Waals surface area contributed by atoms with Gasteiger partial charge < -0.3 is 14.5 Å². The molecular weight excluding hydrogens is 370 g/mol. The van der Waals surface area contributed by atoms with Gasteiger partial charge >= 0.3 is 0 Å². The van der Waals surface area contributed by atoms with Crippen LogP contribution in [0.4, 0.5) is 0 Å². The van der Waals surface area contributed by atoms with Crippen LogP contribution in [0.3, 0.4) is 0 Å². The van der Waals surface area contributed by atoms with E-state index in [1.807, 2.05) is 35.5 Å². The molecule has 126 valence electrons. The maximum Gasteiger partial charge on any atom is 0.254 e. The lowest BCUT2D eigenvalue weighted by Crippen LogP contribution is -3.13. The molecule has 1 aliphatic rings. The Balaban J connectivity index is 1.58. The van der Waals surface area contributed by atoms with Gasteiger partial charge in [0, 0.05) is 23.5 Å². The lowest BCUT2D eigenvalue weighted by atomic mass is 10.1. The fourth-order valence-electron chi connectivity index (χ4n) is 2.97. The number of nitrogens with zero attached hydrogens (tertiary/aromatic N) is 2. The number of carbonyl (C=O) groups excluding carboxylic acids is 1. The van der Waals surface area contributed by atoms with Crippen molar-refractivity contribution in [1.29, 1.82) is 0 Å². The Morgan fingerprint density at radius 2 is 1.96 bits per heavy atom. The molecule has 1 aromatic heterocycles. The molecule has 0 unspecified atom stereocenters. The van der Waals surface area contributed by atoms with Crippen LogP contribution in [0.5, 0.6) is 5.75 Å². The van der Waals surface area contributed by atoms with Gasteiger partial charge in [-0.3, -0.25) is 9.78 Å². The Morgan fingerprint density at radius 3 is 2.58 bits per heavy atom. The average molecular weight is 391 g/mol. The summed E-state index contributed by atoms with van der Waals surface area (Å²) in [5.41, 5.74) is 1.99. The Bertz CT molecular complexity index is 701. The van der Waals surface area contributed by atoms with Crippen LogP contribution in [0, 0.1) is 0 Å². The summed E-state index contributed by atoms with van der Waals surface area (Å²) in [6.45, 7) is 4.47. The number of amides is 1. The van der Waals surface area contributed by atoms with Crippen LogP contribution >= 0.6 is 15.9 Å². The standard InChI is InChI=1S/C18H20BrN3O2/c1-24-17-3-2-15(12-16(17)19)18(23)22-10-8-21(9-11-22)13-14-4-6-20-7-5-14/h2-7,12H,8-11,13H2,1H3/p+1. The molecule has 0 bridgehead atoms. The molecule has 2 aromatic rings. The first-order valence-corrected chi connectivity index (χ1v) is 8.82. The maximum atomic E-state index is 12.7. The van der Waals surface area contributed by atoms with Crippen LogP contribution in [-0.2, 0) is 6.54 Å². The van der Waals surface area contributed by atoms with E-state index in [0.717, 1.165) is 42.9 Å². The summed E-state index contributed by atoms with van der Waals surface area (Å²) in [6, 6.07) is 9.58. The molecule has 1 N–H and O–H groups in total. The van der Waals surface area contributed by atoms with E-state index >= 15 is 0 Å². The van der Waals surface area contributed by atoms with Gasteiger partial charge in [0.25, 0.3) is 5.91 Å². The van der Waals surface area contributed by atoms with Crippen molar-refractivity contribution in [1.82, 2.24) is 9.88 Å². The van der Waals surface area contributed by atoms with Crippen molar-refractivity contribution in [3.05, 3.63) is 58.3 Å². The first-order valence-electron chi connectivity index (χ1n) is 8.02. The quantitative estimate of drug-likeness (QED) is 0.857. The molecule has 1 amide bonds. The molecule has 1 fully saturated rings. The largest absolute Gasteiger partial charge is 0.496 e. The topological polar surface area (TPSA) is 46.9 Å². The number of pyridine rings is 1. The number of hydrogen-bond acceptors (Lipinski definition) is 3. The predicted molar refractivity (Wildman–Crippen MR) is 95.2 cm³/mol. The third kappa shape index (κ3) is 3.94. The minimum Gasteiger partial charge on any atom is -0.496 e. The number of ether oxygens (including phenoxy) is 1. The van der Waals surface area contributed by atoms with Crippen LogP contribution in [-0.4, -0.2) is 49.1 Å². The molecular formula is C18H21BrN3O2+. The molecule has 2 heterocycles. The summed E-state index contributed by atoms with van der Waals surface area (Å²) < 4.78 is 6.02. The third-order valence-electron chi connectivity index (χ3n) is 4.36. The van der Waals surface area contributed by atoms with Gasteiger partial charge in [0.05, 0.1) is 37.8 Å². The SMILES string of the molecule is COc1ccc(C(=O)N2CC[NH+](Cc3ccncc3)CC2)cc1Br. The highest BCUT2D eigenvalue weighted by atomic mass is 79.9. The van der Waals surface area contributed by atoms with Crippen molar-refractivity contribution in [3.63, 3.8) is 0 Å². The average Bonchev–Trinajstić information content (AvgIpc) is 2.62. The Kier molecular flexibility index (Phi) is 5.48. The first-order chi connectivity index (χ1) is 11.7. The normalized spacial score (nSPS) is 15.3. The molecule has 1 saturated heterocycles. The van der Waals surface area contributed by atoms with Crippen LogP contribution in [0.1, 0.15) is 15.9 Å². The molecule has 6 heteroatoms. The summed E-state index contributed by atoms with van der Waals surface area (Å²) in [5, 5.41) is 0. The van der Waals surface area contributed by atoms with E-state index in [-0.39, 0.29) is 5.91 Å². The van der Waals surface area contributed by atoms with Crippen LogP contribution in [0.25, 0.3) is 0 Å². The zero-order valence-corrected chi connectivity index (χ0v) is 15.3. The number of quaternary nitrogens is 1. The Labute approximate surface area is 150 Å². The van der Waals surface area contributed by atoms with Gasteiger partial charge in [0.15, 0.2) is 0 Å². The molecule has 1 aliphatic heterocycles. The summed E-state index contributed by atoms with van der Waals surface area (Å²) in [4.78, 5) is 20.2. The highest BCUT2D eigenvalue weighted by Crippen LogP contribution is 2.26. The Morgan fingerprint density at radius 1 is 1.25 bits per heavy atom. The van der Waals surface area contributed by atoms with Crippen LogP contribution in [0.2, 0.25) is 0 Å². The second kappa shape index (κ2) is 7.77. The van der Waals surface area contributed by atoms with Gasteiger partial charge in [0.2, 0.25) is 0 Å². The maximum absolute atomic E-state index is 12.7. The first kappa shape index (κ1) is 16.9. The van der Waals surface area contributed by atoms with Crippen molar-refractivity contribution in [2.75, 3.05) is 33.3 Å². The number of rotatable bonds is 4. The van der Waals surface area contributed by atoms with E-state index in [1.165, 1.54) is 10.5 Å². The van der Waals surface area contributed by atoms with Crippen molar-refractivity contribution in [2.45, 2.75) is 6.54 Å². The lowest BCUT2D eigenvalue weighted by molar-refractivity contribution is -0.917. The van der Waals surface area contributed by atoms with Gasteiger partial charge in [0.1, 0.15) is 12.3 Å². The fourth-order valence-corrected chi connectivity index (χ4v) is 3.51. The molecule has 5 nitrogen and oxygen atoms in total. The van der Waals surface area contributed by atoms with E-state index in [2.05, 4.69) is 33.0 Å². The molecule has 0 spiro atoms. The van der Waals surface area contributed by atoms with Crippen molar-refractivity contribution < 1.29 is 14.4 Å². The lowest BCUT2D eigenvalue weighted by Gasteiger charge is -2.32. The van der Waals surface area contributed by atoms with E-state index in [0.29, 0.717) is 5.56 Å². The summed E-state index contributed by atoms with van der Waals surface area (Å²) in [5.74, 6) is 0.819. The minimum atomic E-state index is 0.0846. The molecule has 24 heavy (non-hydrogen) atoms. The van der Waals surface area contributed by atoms with E-state index in [1.54, 1.807) is 7.11 Å². The van der Waals surface area contributed by atoms with E-state index < -0.39 is 0 Å². The molecule has 0 aliphatic carbocycles. The van der Waals surface area contributed by atoms with Crippen molar-refractivity contribution in [3.8, 4) is 5.75 Å². The van der Waals surface area contributed by atoms with Gasteiger partial charge in [-0.2, -0.15) is 0 Å². The fraction of sp³-hybridized carbons (Fsp3) is 0.333. The highest BCUT2D eigenvalue weighted by molar-refractivity contribution is 9.10. The van der Waals surface area contributed by atoms with Gasteiger partial charge in [-0.1, -0.05) is 0 Å². The summed E-state index contributed by atoms with van der Waals surface area (Å²) in [6.07, 6.45) is 3.66. The van der Waals surface area contributed by atoms with Crippen molar-refractivity contribution >= 4 is 21.8 Å². The molecule has 3 rings (SSSR count). The number of hydrogen-bond donors (Lipinski definition) is 1. The molecule has 0 saturated carbocycles. The zero-order valence-electron chi connectivity index (χ0n) is 13.7. The summed E-state index contributed by atoms with van der Waals surface area (Å²) in [7, 11) is 1.62. The highest BCUT2D eigenvalue weighted by Gasteiger charge is 2.25. The summed E-state index contributed by atoms with van der Waals surface area (Å²) >= 11 is 3.44. The van der Waals surface area contributed by atoms with Gasteiger partial charge in [-0.15, -0.1) is 0 Å². The number of aromatic nitrogens is 1. The van der Waals surface area contributed by atoms with Crippen LogP contribution in [0.15, 0.2) is 47.2 Å². The van der Waals surface area contributed by atoms with E-state index in [4.69, 9.17) is 4.74 Å². The van der Waals surface area contributed by atoms with Gasteiger partial charge in [-0.25, -0.2) is 0 Å². The second-order valence-electron chi connectivity index (χ2n) is 5.92. The molecule has 0 radical (unpaired) electrons. The van der Waals surface area contributed by atoms with Crippen molar-refractivity contribution in [2.24, 2.45) is 0 Å². The number of halogens is 1. The van der Waals surface area contributed by atoms with E-state index in [9.17, 15) is 4.79 Å². The monoisotopic (exact) mass is 390 g/mol. The Hall–Kier alpha value is -1.92. The second-order valence-corrected chi connectivity index (χ2v) is 6.78. The number of nitrogens with one attached hydrogen (secondary N) is 1. The minimum absolute atomic E-state index is 0.0846.